The second kappa shape index (κ2) is 10.6. The zero-order valence-electron chi connectivity index (χ0n) is 18.1. The second-order valence-corrected chi connectivity index (χ2v) is 7.21. The van der Waals surface area contributed by atoms with E-state index in [4.69, 9.17) is 4.74 Å². The number of amides is 1. The van der Waals surface area contributed by atoms with Gasteiger partial charge in [0, 0.05) is 23.9 Å². The Kier molecular flexibility index (Phi) is 7.59. The van der Waals surface area contributed by atoms with E-state index in [9.17, 15) is 13.6 Å². The molecule has 0 saturated carbocycles. The minimum Gasteiger partial charge on any atom is -0.493 e. The maximum Gasteiger partial charge on any atom is 0.387 e. The van der Waals surface area contributed by atoms with Crippen molar-refractivity contribution < 1.29 is 23.0 Å². The number of nitrogens with zero attached hydrogens (tertiary/aromatic N) is 2. The van der Waals surface area contributed by atoms with Crippen LogP contribution < -0.4 is 14.8 Å². The molecule has 0 spiro atoms. The molecule has 6 nitrogen and oxygen atoms in total. The minimum absolute atomic E-state index is 0.120. The van der Waals surface area contributed by atoms with Gasteiger partial charge in [0.1, 0.15) is 0 Å². The minimum atomic E-state index is -3.01. The van der Waals surface area contributed by atoms with Crippen molar-refractivity contribution in [2.45, 2.75) is 33.5 Å². The van der Waals surface area contributed by atoms with Crippen molar-refractivity contribution in [2.75, 3.05) is 7.11 Å². The van der Waals surface area contributed by atoms with Crippen molar-refractivity contribution in [2.24, 2.45) is 0 Å². The maximum atomic E-state index is 12.7. The van der Waals surface area contributed by atoms with E-state index < -0.39 is 6.61 Å². The summed E-state index contributed by atoms with van der Waals surface area (Å²) in [5, 5.41) is 7.27. The lowest BCUT2D eigenvalue weighted by molar-refractivity contribution is -0.116. The average Bonchev–Trinajstić information content (AvgIpc) is 3.07. The Hall–Kier alpha value is -3.68. The summed E-state index contributed by atoms with van der Waals surface area (Å²) in [6, 6.07) is 14.6. The summed E-state index contributed by atoms with van der Waals surface area (Å²) in [6.07, 6.45) is 2.68. The third-order valence-corrected chi connectivity index (χ3v) is 4.74. The van der Waals surface area contributed by atoms with Crippen molar-refractivity contribution in [3.63, 3.8) is 0 Å². The Bertz CT molecular complexity index is 1110. The summed E-state index contributed by atoms with van der Waals surface area (Å²) in [5.41, 5.74) is 4.37. The molecule has 1 heterocycles. The first kappa shape index (κ1) is 23.0. The van der Waals surface area contributed by atoms with E-state index in [0.717, 1.165) is 22.5 Å². The van der Waals surface area contributed by atoms with E-state index in [1.54, 1.807) is 12.1 Å². The lowest BCUT2D eigenvalue weighted by Gasteiger charge is -2.12. The summed E-state index contributed by atoms with van der Waals surface area (Å²) in [6.45, 7) is 1.93. The first-order valence-corrected chi connectivity index (χ1v) is 10.0. The molecule has 0 aliphatic carbocycles. The zero-order chi connectivity index (χ0) is 23.1. The number of benzene rings is 2. The first-order valence-electron chi connectivity index (χ1n) is 10.0. The molecule has 8 heteroatoms. The molecular weight excluding hydrogens is 416 g/mol. The van der Waals surface area contributed by atoms with Crippen LogP contribution in [-0.4, -0.2) is 29.4 Å². The fourth-order valence-corrected chi connectivity index (χ4v) is 3.30. The number of hydrogen-bond donors (Lipinski definition) is 1. The summed E-state index contributed by atoms with van der Waals surface area (Å²) in [4.78, 5) is 12.3. The van der Waals surface area contributed by atoms with E-state index in [-0.39, 0.29) is 17.4 Å². The van der Waals surface area contributed by atoms with Crippen molar-refractivity contribution in [1.82, 2.24) is 15.1 Å². The van der Waals surface area contributed by atoms with E-state index in [0.29, 0.717) is 18.7 Å². The van der Waals surface area contributed by atoms with E-state index in [2.05, 4.69) is 15.2 Å². The van der Waals surface area contributed by atoms with Crippen LogP contribution in [0, 0.1) is 13.8 Å². The molecule has 1 aromatic heterocycles. The van der Waals surface area contributed by atoms with Gasteiger partial charge < -0.3 is 14.8 Å². The molecule has 0 unspecified atom stereocenters. The second-order valence-electron chi connectivity index (χ2n) is 7.21. The predicted molar refractivity (Wildman–Crippen MR) is 118 cm³/mol. The van der Waals surface area contributed by atoms with Crippen LogP contribution in [0.1, 0.15) is 28.1 Å². The molecular formula is C24H25F2N3O3. The van der Waals surface area contributed by atoms with Crippen LogP contribution in [0.5, 0.6) is 11.5 Å². The lowest BCUT2D eigenvalue weighted by Crippen LogP contribution is -2.20. The largest absolute Gasteiger partial charge is 0.493 e. The number of nitrogens with one attached hydrogen (secondary N) is 1. The third kappa shape index (κ3) is 6.16. The molecule has 3 rings (SSSR count). The number of para-hydroxylation sites is 1. The van der Waals surface area contributed by atoms with Crippen LogP contribution in [-0.2, 0) is 17.9 Å². The monoisotopic (exact) mass is 441 g/mol. The molecule has 1 N–H and O–H groups in total. The van der Waals surface area contributed by atoms with Crippen LogP contribution >= 0.6 is 0 Å². The number of carbonyl (C=O) groups is 1. The molecule has 3 aromatic rings. The van der Waals surface area contributed by atoms with Gasteiger partial charge in [-0.1, -0.05) is 36.4 Å². The maximum absolute atomic E-state index is 12.7. The van der Waals surface area contributed by atoms with Gasteiger partial charge in [0.15, 0.2) is 11.5 Å². The number of aryl methyl sites for hydroxylation is 2. The van der Waals surface area contributed by atoms with Gasteiger partial charge in [-0.15, -0.1) is 0 Å². The number of aromatic nitrogens is 2. The predicted octanol–water partition coefficient (Wildman–Crippen LogP) is 4.49. The van der Waals surface area contributed by atoms with Crippen LogP contribution in [0.15, 0.2) is 54.6 Å². The molecule has 0 atom stereocenters. The highest BCUT2D eigenvalue weighted by molar-refractivity contribution is 5.92. The van der Waals surface area contributed by atoms with Crippen LogP contribution in [0.25, 0.3) is 6.08 Å². The molecule has 1 amide bonds. The average molecular weight is 441 g/mol. The smallest absolute Gasteiger partial charge is 0.387 e. The van der Waals surface area contributed by atoms with Gasteiger partial charge in [0.2, 0.25) is 5.91 Å². The highest BCUT2D eigenvalue weighted by Crippen LogP contribution is 2.33. The molecule has 0 saturated heterocycles. The van der Waals surface area contributed by atoms with Gasteiger partial charge in [0.25, 0.3) is 0 Å². The van der Waals surface area contributed by atoms with Gasteiger partial charge in [-0.05, 0) is 43.2 Å². The Balaban J connectivity index is 1.63. The number of rotatable bonds is 9. The van der Waals surface area contributed by atoms with Crippen LogP contribution in [0.4, 0.5) is 8.78 Å². The molecule has 0 bridgehead atoms. The van der Waals surface area contributed by atoms with Crippen molar-refractivity contribution in [1.29, 1.82) is 0 Å². The topological polar surface area (TPSA) is 65.4 Å². The van der Waals surface area contributed by atoms with E-state index >= 15 is 0 Å². The quantitative estimate of drug-likeness (QED) is 0.497. The molecule has 0 aliphatic rings. The number of ether oxygens (including phenoxy) is 2. The van der Waals surface area contributed by atoms with Crippen LogP contribution in [0.3, 0.4) is 0 Å². The van der Waals surface area contributed by atoms with Crippen LogP contribution in [0.2, 0.25) is 0 Å². The number of carbonyl (C=O) groups excluding carboxylic acids is 1. The highest BCUT2D eigenvalue weighted by atomic mass is 19.3. The summed E-state index contributed by atoms with van der Waals surface area (Å²) in [7, 11) is 1.36. The Morgan fingerprint density at radius 1 is 1.16 bits per heavy atom. The zero-order valence-corrected chi connectivity index (χ0v) is 18.1. The SMILES string of the molecule is COc1cccc(C=CC(=O)NCc2cccc(Cn3nc(C)cc3C)c2)c1OC(F)F. The summed E-state index contributed by atoms with van der Waals surface area (Å²) >= 11 is 0. The van der Waals surface area contributed by atoms with Gasteiger partial charge in [0.05, 0.1) is 19.3 Å². The summed E-state index contributed by atoms with van der Waals surface area (Å²) < 4.78 is 37.0. The number of alkyl halides is 2. The normalized spacial score (nSPS) is 11.2. The lowest BCUT2D eigenvalue weighted by atomic mass is 10.1. The van der Waals surface area contributed by atoms with Gasteiger partial charge in [-0.25, -0.2) is 0 Å². The molecule has 2 aromatic carbocycles. The molecule has 0 fully saturated rings. The third-order valence-electron chi connectivity index (χ3n) is 4.74. The molecule has 0 radical (unpaired) electrons. The Morgan fingerprint density at radius 3 is 2.59 bits per heavy atom. The summed E-state index contributed by atoms with van der Waals surface area (Å²) in [5.74, 6) is -0.321. The van der Waals surface area contributed by atoms with Crippen molar-refractivity contribution in [3.8, 4) is 11.5 Å². The Labute approximate surface area is 185 Å². The fraction of sp³-hybridized carbons (Fsp3) is 0.250. The Morgan fingerprint density at radius 2 is 1.91 bits per heavy atom. The molecule has 32 heavy (non-hydrogen) atoms. The number of hydrogen-bond acceptors (Lipinski definition) is 4. The molecule has 168 valence electrons. The first-order chi connectivity index (χ1) is 15.4. The van der Waals surface area contributed by atoms with Crippen molar-refractivity contribution >= 4 is 12.0 Å². The van der Waals surface area contributed by atoms with Gasteiger partial charge in [-0.3, -0.25) is 9.48 Å². The standard InChI is InChI=1S/C24H25F2N3O3/c1-16-12-17(2)29(28-16)15-19-7-4-6-18(13-19)14-27-22(30)11-10-20-8-5-9-21(31-3)23(20)32-24(25)26/h4-13,24H,14-15H2,1-3H3,(H,27,30). The molecule has 0 aliphatic heterocycles. The number of halogens is 2. The highest BCUT2D eigenvalue weighted by Gasteiger charge is 2.14. The van der Waals surface area contributed by atoms with Gasteiger partial charge in [-0.2, -0.15) is 13.9 Å². The van der Waals surface area contributed by atoms with E-state index in [1.807, 2.05) is 48.9 Å². The van der Waals surface area contributed by atoms with Crippen molar-refractivity contribution in [3.05, 3.63) is 82.7 Å². The fourth-order valence-electron chi connectivity index (χ4n) is 3.30. The van der Waals surface area contributed by atoms with Gasteiger partial charge >= 0.3 is 6.61 Å². The number of methoxy groups -OCH3 is 1. The van der Waals surface area contributed by atoms with E-state index in [1.165, 1.54) is 25.3 Å².